The van der Waals surface area contributed by atoms with E-state index >= 15 is 0 Å². The Morgan fingerprint density at radius 3 is 2.40 bits per heavy atom. The topological polar surface area (TPSA) is 76.2 Å². The van der Waals surface area contributed by atoms with Crippen LogP contribution in [-0.2, 0) is 6.18 Å². The second kappa shape index (κ2) is 9.60. The van der Waals surface area contributed by atoms with Gasteiger partial charge in [0.25, 0.3) is 0 Å². The van der Waals surface area contributed by atoms with E-state index in [1.165, 1.54) is 6.07 Å². The average molecular weight is 539 g/mol. The summed E-state index contributed by atoms with van der Waals surface area (Å²) in [6.45, 7) is 0. The van der Waals surface area contributed by atoms with Gasteiger partial charge in [-0.2, -0.15) is 18.4 Å². The van der Waals surface area contributed by atoms with E-state index in [0.717, 1.165) is 28.5 Å². The Labute approximate surface area is 206 Å². The van der Waals surface area contributed by atoms with Gasteiger partial charge in [0.05, 0.1) is 26.6 Å². The molecule has 174 valence electrons. The molecule has 0 saturated heterocycles. The molecule has 4 rings (SSSR count). The molecule has 0 aliphatic carbocycles. The molecule has 0 N–H and O–H groups in total. The minimum Gasteiger partial charge on any atom is -0.449 e. The zero-order valence-corrected chi connectivity index (χ0v) is 19.3. The number of benzene rings is 4. The first-order valence-corrected chi connectivity index (χ1v) is 10.9. The van der Waals surface area contributed by atoms with Crippen LogP contribution in [0.15, 0.2) is 83.3 Å². The fourth-order valence-electron chi connectivity index (χ4n) is 3.53. The smallest absolute Gasteiger partial charge is 0.416 e. The molecule has 0 bridgehead atoms. The van der Waals surface area contributed by atoms with Gasteiger partial charge in [-0.05, 0) is 62.6 Å². The van der Waals surface area contributed by atoms with Crippen LogP contribution in [0, 0.1) is 21.4 Å². The van der Waals surface area contributed by atoms with Crippen LogP contribution < -0.4 is 4.74 Å². The average Bonchev–Trinajstić information content (AvgIpc) is 2.83. The van der Waals surface area contributed by atoms with E-state index in [9.17, 15) is 28.5 Å². The van der Waals surface area contributed by atoms with Crippen LogP contribution in [-0.4, -0.2) is 4.92 Å². The van der Waals surface area contributed by atoms with Crippen molar-refractivity contribution in [3.8, 4) is 17.6 Å². The van der Waals surface area contributed by atoms with Gasteiger partial charge in [-0.15, -0.1) is 0 Å². The second-order valence-corrected chi connectivity index (χ2v) is 8.28. The number of rotatable bonds is 5. The van der Waals surface area contributed by atoms with Crippen molar-refractivity contribution in [1.29, 1.82) is 5.26 Å². The number of alkyl halides is 3. The van der Waals surface area contributed by atoms with Crippen molar-refractivity contribution >= 4 is 44.0 Å². The lowest BCUT2D eigenvalue weighted by Crippen LogP contribution is -2.06. The molecule has 0 aromatic heterocycles. The number of hydrogen-bond donors (Lipinski definition) is 0. The molecule has 0 saturated carbocycles. The van der Waals surface area contributed by atoms with Crippen molar-refractivity contribution in [2.24, 2.45) is 0 Å². The number of halogens is 4. The van der Waals surface area contributed by atoms with Crippen LogP contribution in [0.3, 0.4) is 0 Å². The summed E-state index contributed by atoms with van der Waals surface area (Å²) in [5, 5.41) is 23.0. The number of ether oxygens (including phenoxy) is 1. The summed E-state index contributed by atoms with van der Waals surface area (Å²) in [4.78, 5) is 10.4. The van der Waals surface area contributed by atoms with Gasteiger partial charge in [0.1, 0.15) is 5.75 Å². The maximum Gasteiger partial charge on any atom is 0.416 e. The lowest BCUT2D eigenvalue weighted by atomic mass is 9.97. The summed E-state index contributed by atoms with van der Waals surface area (Å²) in [5.41, 5.74) is -0.106. The van der Waals surface area contributed by atoms with Crippen molar-refractivity contribution in [3.63, 3.8) is 0 Å². The van der Waals surface area contributed by atoms with Gasteiger partial charge >= 0.3 is 11.9 Å². The molecule has 5 nitrogen and oxygen atoms in total. The quantitative estimate of drug-likeness (QED) is 0.111. The van der Waals surface area contributed by atoms with Gasteiger partial charge in [-0.25, -0.2) is 0 Å². The fraction of sp³-hybridized carbons (Fsp3) is 0.0385. The number of nitro groups is 1. The van der Waals surface area contributed by atoms with E-state index in [1.807, 2.05) is 42.5 Å². The van der Waals surface area contributed by atoms with Gasteiger partial charge in [-0.1, -0.05) is 48.5 Å². The molecule has 0 spiro atoms. The molecule has 35 heavy (non-hydrogen) atoms. The lowest BCUT2D eigenvalue weighted by Gasteiger charge is -2.11. The van der Waals surface area contributed by atoms with Crippen molar-refractivity contribution in [3.05, 3.63) is 110 Å². The second-order valence-electron chi connectivity index (χ2n) is 7.43. The maximum absolute atomic E-state index is 12.9. The van der Waals surface area contributed by atoms with E-state index in [4.69, 9.17) is 4.74 Å². The van der Waals surface area contributed by atoms with Crippen molar-refractivity contribution < 1.29 is 22.8 Å². The predicted molar refractivity (Wildman–Crippen MR) is 130 cm³/mol. The Morgan fingerprint density at radius 2 is 1.71 bits per heavy atom. The summed E-state index contributed by atoms with van der Waals surface area (Å²) in [5.74, 6) is -0.172. The molecular formula is C26H14BrF3N2O3. The van der Waals surface area contributed by atoms with Crippen LogP contribution in [0.25, 0.3) is 22.4 Å². The van der Waals surface area contributed by atoms with Gasteiger partial charge in [0, 0.05) is 11.6 Å². The van der Waals surface area contributed by atoms with E-state index in [-0.39, 0.29) is 11.5 Å². The van der Waals surface area contributed by atoms with Crippen LogP contribution in [0.4, 0.5) is 18.9 Å². The van der Waals surface area contributed by atoms with Gasteiger partial charge in [-0.3, -0.25) is 10.1 Å². The maximum atomic E-state index is 12.9. The summed E-state index contributed by atoms with van der Waals surface area (Å²) in [7, 11) is 0. The van der Waals surface area contributed by atoms with Crippen LogP contribution in [0.2, 0.25) is 0 Å². The predicted octanol–water partition coefficient (Wildman–Crippen LogP) is 8.39. The standard InChI is InChI=1S/C26H14BrF3N2O3/c27-22-13-16(12-18(15-31)21-7-3-5-17-4-1-2-6-20(17)21)8-10-24(22)35-25-11-9-19(26(28,29)30)14-23(25)32(33)34/h1-14H/b18-12-. The molecule has 0 unspecified atom stereocenters. The van der Waals surface area contributed by atoms with E-state index < -0.39 is 22.4 Å². The molecule has 0 heterocycles. The Kier molecular flexibility index (Phi) is 6.58. The molecule has 0 fully saturated rings. The third-order valence-electron chi connectivity index (χ3n) is 5.17. The van der Waals surface area contributed by atoms with Gasteiger partial charge in [0.2, 0.25) is 5.75 Å². The third kappa shape index (κ3) is 5.18. The number of nitriles is 1. The number of allylic oxidation sites excluding steroid dienone is 1. The Morgan fingerprint density at radius 1 is 1.00 bits per heavy atom. The summed E-state index contributed by atoms with van der Waals surface area (Å²) < 4.78 is 44.8. The minimum absolute atomic E-state index is 0.161. The molecule has 0 radical (unpaired) electrons. The van der Waals surface area contributed by atoms with Crippen LogP contribution >= 0.6 is 15.9 Å². The monoisotopic (exact) mass is 538 g/mol. The first-order chi connectivity index (χ1) is 16.7. The zero-order chi connectivity index (χ0) is 25.2. The molecule has 0 aliphatic rings. The highest BCUT2D eigenvalue weighted by molar-refractivity contribution is 9.10. The van der Waals surface area contributed by atoms with Crippen molar-refractivity contribution in [1.82, 2.24) is 0 Å². The molecule has 0 amide bonds. The molecule has 0 atom stereocenters. The first kappa shape index (κ1) is 24.0. The van der Waals surface area contributed by atoms with E-state index in [2.05, 4.69) is 22.0 Å². The summed E-state index contributed by atoms with van der Waals surface area (Å²) in [6, 6.07) is 22.4. The fourth-order valence-corrected chi connectivity index (χ4v) is 4.01. The largest absolute Gasteiger partial charge is 0.449 e. The van der Waals surface area contributed by atoms with Gasteiger partial charge < -0.3 is 4.74 Å². The first-order valence-electron chi connectivity index (χ1n) is 10.1. The van der Waals surface area contributed by atoms with Crippen molar-refractivity contribution in [2.45, 2.75) is 6.18 Å². The molecule has 4 aromatic carbocycles. The third-order valence-corrected chi connectivity index (χ3v) is 5.79. The molecule has 9 heteroatoms. The van der Waals surface area contributed by atoms with Crippen LogP contribution in [0.5, 0.6) is 11.5 Å². The SMILES string of the molecule is N#C/C(=C/c1ccc(Oc2ccc(C(F)(F)F)cc2[N+](=O)[O-])c(Br)c1)c1cccc2ccccc12. The highest BCUT2D eigenvalue weighted by atomic mass is 79.9. The van der Waals surface area contributed by atoms with Crippen molar-refractivity contribution in [2.75, 3.05) is 0 Å². The van der Waals surface area contributed by atoms with Gasteiger partial charge in [0.15, 0.2) is 0 Å². The number of hydrogen-bond acceptors (Lipinski definition) is 4. The zero-order valence-electron chi connectivity index (χ0n) is 17.7. The molecule has 4 aromatic rings. The minimum atomic E-state index is -4.72. The molecule has 0 aliphatic heterocycles. The molecular weight excluding hydrogens is 525 g/mol. The lowest BCUT2D eigenvalue weighted by molar-refractivity contribution is -0.385. The van der Waals surface area contributed by atoms with E-state index in [1.54, 1.807) is 18.2 Å². The summed E-state index contributed by atoms with van der Waals surface area (Å²) in [6.07, 6.45) is -3.03. The summed E-state index contributed by atoms with van der Waals surface area (Å²) >= 11 is 3.33. The Hall–Kier alpha value is -4.16. The number of fused-ring (bicyclic) bond motifs is 1. The number of nitro benzene ring substituents is 1. The normalized spacial score (nSPS) is 11.8. The van der Waals surface area contributed by atoms with E-state index in [0.29, 0.717) is 21.7 Å². The highest BCUT2D eigenvalue weighted by Crippen LogP contribution is 2.40. The van der Waals surface area contributed by atoms with Crippen LogP contribution in [0.1, 0.15) is 16.7 Å². The Balaban J connectivity index is 1.67. The highest BCUT2D eigenvalue weighted by Gasteiger charge is 2.33. The Bertz CT molecular complexity index is 1520. The number of nitrogens with zero attached hydrogens (tertiary/aromatic N) is 2.